The van der Waals surface area contributed by atoms with Gasteiger partial charge in [0.15, 0.2) is 0 Å². The largest absolute Gasteiger partial charge is 0.355 e. The van der Waals surface area contributed by atoms with E-state index in [1.165, 1.54) is 0 Å². The first kappa shape index (κ1) is 12.8. The lowest BCUT2D eigenvalue weighted by Crippen LogP contribution is -2.46. The molecule has 0 saturated carbocycles. The summed E-state index contributed by atoms with van der Waals surface area (Å²) in [7, 11) is 3.91. The number of aryl methyl sites for hydroxylation is 1. The Morgan fingerprint density at radius 3 is 2.70 bits per heavy atom. The van der Waals surface area contributed by atoms with Gasteiger partial charge >= 0.3 is 0 Å². The van der Waals surface area contributed by atoms with Crippen molar-refractivity contribution in [1.82, 2.24) is 19.9 Å². The van der Waals surface area contributed by atoms with Crippen LogP contribution in [0.5, 0.6) is 0 Å². The summed E-state index contributed by atoms with van der Waals surface area (Å²) in [4.78, 5) is 21.4. The van der Waals surface area contributed by atoms with Crippen molar-refractivity contribution in [3.05, 3.63) is 36.0 Å². The molecule has 6 heteroatoms. The fraction of sp³-hybridized carbons (Fsp3) is 0.429. The summed E-state index contributed by atoms with van der Waals surface area (Å²) in [5.74, 6) is 2.21. The third-order valence-electron chi connectivity index (χ3n) is 3.48. The average molecular weight is 270 g/mol. The molecule has 2 aromatic rings. The van der Waals surface area contributed by atoms with E-state index in [1.807, 2.05) is 44.2 Å². The number of anilines is 2. The second-order valence-corrected chi connectivity index (χ2v) is 5.30. The van der Waals surface area contributed by atoms with Gasteiger partial charge in [0.2, 0.25) is 5.95 Å². The van der Waals surface area contributed by atoms with E-state index >= 15 is 0 Å². The van der Waals surface area contributed by atoms with Crippen LogP contribution in [0.1, 0.15) is 17.3 Å². The van der Waals surface area contributed by atoms with Gasteiger partial charge < -0.3 is 9.80 Å². The molecule has 2 aromatic heterocycles. The first-order valence-corrected chi connectivity index (χ1v) is 6.67. The minimum absolute atomic E-state index is 0.451. The highest BCUT2D eigenvalue weighted by molar-refractivity contribution is 5.44. The van der Waals surface area contributed by atoms with Crippen LogP contribution in [0.25, 0.3) is 0 Å². The highest BCUT2D eigenvalue weighted by atomic mass is 15.3. The molecule has 0 amide bonds. The molecule has 1 saturated heterocycles. The molecule has 104 valence electrons. The molecule has 1 aliphatic rings. The van der Waals surface area contributed by atoms with E-state index in [4.69, 9.17) is 0 Å². The zero-order valence-electron chi connectivity index (χ0n) is 12.0. The van der Waals surface area contributed by atoms with Crippen molar-refractivity contribution in [2.75, 3.05) is 37.0 Å². The smallest absolute Gasteiger partial charge is 0.224 e. The molecule has 3 rings (SSSR count). The summed E-state index contributed by atoms with van der Waals surface area (Å²) in [6, 6.07) is 4.02. The Balaban J connectivity index is 1.70. The van der Waals surface area contributed by atoms with Crippen LogP contribution in [0.4, 0.5) is 11.8 Å². The van der Waals surface area contributed by atoms with Gasteiger partial charge in [0, 0.05) is 51.1 Å². The Labute approximate surface area is 118 Å². The molecule has 0 bridgehead atoms. The van der Waals surface area contributed by atoms with E-state index < -0.39 is 0 Å². The molecule has 1 aliphatic heterocycles. The van der Waals surface area contributed by atoms with Crippen molar-refractivity contribution in [1.29, 1.82) is 0 Å². The number of rotatable bonds is 3. The molecule has 0 aromatic carbocycles. The second kappa shape index (κ2) is 5.03. The van der Waals surface area contributed by atoms with E-state index in [0.29, 0.717) is 5.92 Å². The van der Waals surface area contributed by atoms with Crippen LogP contribution >= 0.6 is 0 Å². The lowest BCUT2D eigenvalue weighted by atomic mass is 9.96. The van der Waals surface area contributed by atoms with Gasteiger partial charge in [0.05, 0.1) is 5.69 Å². The topological polar surface area (TPSA) is 58.0 Å². The Morgan fingerprint density at radius 1 is 1.20 bits per heavy atom. The van der Waals surface area contributed by atoms with Gasteiger partial charge in [-0.05, 0) is 13.0 Å². The molecule has 0 aliphatic carbocycles. The Kier molecular flexibility index (Phi) is 3.22. The molecular formula is C14H18N6. The molecule has 1 fully saturated rings. The number of nitrogens with zero attached hydrogens (tertiary/aromatic N) is 6. The van der Waals surface area contributed by atoms with Gasteiger partial charge in [0.1, 0.15) is 12.1 Å². The van der Waals surface area contributed by atoms with Crippen LogP contribution in [0.15, 0.2) is 24.7 Å². The van der Waals surface area contributed by atoms with Gasteiger partial charge in [-0.25, -0.2) is 19.9 Å². The molecule has 0 spiro atoms. The summed E-state index contributed by atoms with van der Waals surface area (Å²) >= 11 is 0. The number of hydrogen-bond donors (Lipinski definition) is 0. The summed E-state index contributed by atoms with van der Waals surface area (Å²) in [6.07, 6.45) is 3.45. The molecular weight excluding hydrogens is 252 g/mol. The lowest BCUT2D eigenvalue weighted by Gasteiger charge is -2.39. The third kappa shape index (κ3) is 2.41. The van der Waals surface area contributed by atoms with Crippen molar-refractivity contribution < 1.29 is 0 Å². The highest BCUT2D eigenvalue weighted by Gasteiger charge is 2.30. The number of hydrogen-bond acceptors (Lipinski definition) is 6. The third-order valence-corrected chi connectivity index (χ3v) is 3.48. The molecule has 0 unspecified atom stereocenters. The lowest BCUT2D eigenvalue weighted by molar-refractivity contribution is 0.507. The summed E-state index contributed by atoms with van der Waals surface area (Å²) < 4.78 is 0. The average Bonchev–Trinajstić information content (AvgIpc) is 2.37. The molecule has 0 atom stereocenters. The van der Waals surface area contributed by atoms with Crippen LogP contribution in [0, 0.1) is 6.92 Å². The minimum atomic E-state index is 0.451. The summed E-state index contributed by atoms with van der Waals surface area (Å²) in [6.45, 7) is 3.87. The van der Waals surface area contributed by atoms with Crippen LogP contribution in [0.2, 0.25) is 0 Å². The molecule has 20 heavy (non-hydrogen) atoms. The summed E-state index contributed by atoms with van der Waals surface area (Å²) in [5, 5.41) is 0. The van der Waals surface area contributed by atoms with Crippen LogP contribution < -0.4 is 9.80 Å². The quantitative estimate of drug-likeness (QED) is 0.836. The summed E-state index contributed by atoms with van der Waals surface area (Å²) in [5.41, 5.74) is 2.10. The Hall–Kier alpha value is -2.24. The maximum Gasteiger partial charge on any atom is 0.224 e. The monoisotopic (exact) mass is 270 g/mol. The van der Waals surface area contributed by atoms with Gasteiger partial charge in [-0.3, -0.25) is 0 Å². The van der Waals surface area contributed by atoms with Crippen molar-refractivity contribution in [3.63, 3.8) is 0 Å². The predicted octanol–water partition coefficient (Wildman–Crippen LogP) is 1.24. The van der Waals surface area contributed by atoms with Crippen LogP contribution in [-0.4, -0.2) is 47.1 Å². The fourth-order valence-corrected chi connectivity index (χ4v) is 2.27. The maximum atomic E-state index is 4.60. The van der Waals surface area contributed by atoms with Crippen LogP contribution in [0.3, 0.4) is 0 Å². The number of aromatic nitrogens is 4. The standard InChI is InChI=1S/C14H18N6/c1-10-6-13(17-9-16-10)20-7-11(8-20)12-4-5-15-14(18-12)19(2)3/h4-6,9,11H,7-8H2,1-3H3. The van der Waals surface area contributed by atoms with Crippen molar-refractivity contribution in [2.45, 2.75) is 12.8 Å². The predicted molar refractivity (Wildman–Crippen MR) is 78.1 cm³/mol. The van der Waals surface area contributed by atoms with Gasteiger partial charge in [-0.15, -0.1) is 0 Å². The van der Waals surface area contributed by atoms with Crippen molar-refractivity contribution in [2.24, 2.45) is 0 Å². The zero-order valence-corrected chi connectivity index (χ0v) is 12.0. The van der Waals surface area contributed by atoms with Gasteiger partial charge in [0.25, 0.3) is 0 Å². The minimum Gasteiger partial charge on any atom is -0.355 e. The highest BCUT2D eigenvalue weighted by Crippen LogP contribution is 2.29. The van der Waals surface area contributed by atoms with E-state index in [2.05, 4.69) is 24.8 Å². The Bertz CT molecular complexity index is 606. The van der Waals surface area contributed by atoms with E-state index in [1.54, 1.807) is 6.33 Å². The second-order valence-electron chi connectivity index (χ2n) is 5.30. The molecule has 0 N–H and O–H groups in total. The van der Waals surface area contributed by atoms with E-state index in [0.717, 1.165) is 36.2 Å². The first-order valence-electron chi connectivity index (χ1n) is 6.67. The SMILES string of the molecule is Cc1cc(N2CC(c3ccnc(N(C)C)n3)C2)ncn1. The van der Waals surface area contributed by atoms with E-state index in [-0.39, 0.29) is 0 Å². The first-order chi connectivity index (χ1) is 9.63. The van der Waals surface area contributed by atoms with Gasteiger partial charge in [-0.2, -0.15) is 0 Å². The molecule has 0 radical (unpaired) electrons. The molecule has 6 nitrogen and oxygen atoms in total. The van der Waals surface area contributed by atoms with Crippen molar-refractivity contribution >= 4 is 11.8 Å². The normalized spacial score (nSPS) is 15.1. The fourth-order valence-electron chi connectivity index (χ4n) is 2.27. The molecule has 3 heterocycles. The van der Waals surface area contributed by atoms with E-state index in [9.17, 15) is 0 Å². The van der Waals surface area contributed by atoms with Crippen molar-refractivity contribution in [3.8, 4) is 0 Å². The van der Waals surface area contributed by atoms with Gasteiger partial charge in [-0.1, -0.05) is 0 Å². The Morgan fingerprint density at radius 2 is 2.00 bits per heavy atom. The maximum absolute atomic E-state index is 4.60. The zero-order chi connectivity index (χ0) is 14.1. The van der Waals surface area contributed by atoms with Crippen LogP contribution in [-0.2, 0) is 0 Å².